The average Bonchev–Trinajstić information content (AvgIpc) is 3.83. The van der Waals surface area contributed by atoms with E-state index in [1.165, 1.54) is 43.0 Å². The summed E-state index contributed by atoms with van der Waals surface area (Å²) in [6, 6.07) is 12.9. The standard InChI is InChI=1S/C29H31N3O4/c33-29(34)19-9-12-26(30-15-19)32-20-10-11-21(32)14-22(13-20)35-16-25-27(31-36-28(25)18-7-8-18)24-4-2-1-3-23(24)17-5-6-17/h1-4,9,12,15,17-18,20-22H,5-8,10-11,13-14,16H2,(H,33,34). The van der Waals surface area contributed by atoms with Crippen molar-refractivity contribution in [3.63, 3.8) is 0 Å². The zero-order valence-corrected chi connectivity index (χ0v) is 20.3. The van der Waals surface area contributed by atoms with Gasteiger partial charge in [-0.2, -0.15) is 0 Å². The molecule has 7 heteroatoms. The van der Waals surface area contributed by atoms with Gasteiger partial charge < -0.3 is 19.3 Å². The maximum Gasteiger partial charge on any atom is 0.337 e. The molecule has 4 heterocycles. The molecule has 7 rings (SSSR count). The van der Waals surface area contributed by atoms with Crippen molar-refractivity contribution >= 4 is 11.8 Å². The number of carboxylic acid groups (broad SMARTS) is 1. The summed E-state index contributed by atoms with van der Waals surface area (Å²) in [6.07, 6.45) is 10.6. The van der Waals surface area contributed by atoms with Crippen molar-refractivity contribution < 1.29 is 19.2 Å². The molecule has 4 aliphatic rings. The minimum absolute atomic E-state index is 0.186. The molecule has 2 saturated heterocycles. The number of rotatable bonds is 8. The van der Waals surface area contributed by atoms with Gasteiger partial charge in [0.1, 0.15) is 17.3 Å². The van der Waals surface area contributed by atoms with E-state index < -0.39 is 5.97 Å². The lowest BCUT2D eigenvalue weighted by atomic mass is 9.96. The highest BCUT2D eigenvalue weighted by Gasteiger charge is 2.42. The van der Waals surface area contributed by atoms with Gasteiger partial charge in [0.15, 0.2) is 0 Å². The lowest BCUT2D eigenvalue weighted by Crippen LogP contribution is -2.46. The first kappa shape index (κ1) is 22.0. The Kier molecular flexibility index (Phi) is 5.35. The fraction of sp³-hybridized carbons (Fsp3) is 0.483. The third-order valence-electron chi connectivity index (χ3n) is 8.41. The molecule has 4 fully saturated rings. The Morgan fingerprint density at radius 3 is 2.42 bits per heavy atom. The number of benzene rings is 1. The van der Waals surface area contributed by atoms with Gasteiger partial charge in [-0.1, -0.05) is 29.4 Å². The maximum absolute atomic E-state index is 11.2. The van der Waals surface area contributed by atoms with Crippen LogP contribution in [0.4, 0.5) is 5.82 Å². The van der Waals surface area contributed by atoms with Gasteiger partial charge in [-0.25, -0.2) is 9.78 Å². The SMILES string of the molecule is O=C(O)c1ccc(N2C3CCC2CC(OCc2c(-c4ccccc4C4CC4)noc2C2CC2)C3)nc1. The van der Waals surface area contributed by atoms with Crippen LogP contribution in [0.25, 0.3) is 11.3 Å². The van der Waals surface area contributed by atoms with Gasteiger partial charge in [-0.3, -0.25) is 0 Å². The highest BCUT2D eigenvalue weighted by atomic mass is 16.5. The Bertz CT molecular complexity index is 1260. The zero-order chi connectivity index (χ0) is 24.2. The van der Waals surface area contributed by atoms with Gasteiger partial charge in [0.05, 0.1) is 18.3 Å². The maximum atomic E-state index is 11.2. The van der Waals surface area contributed by atoms with E-state index in [1.807, 2.05) is 6.07 Å². The molecule has 1 N–H and O–H groups in total. The summed E-state index contributed by atoms with van der Waals surface area (Å²) in [5.74, 6) is 2.09. The molecule has 2 atom stereocenters. The third-order valence-corrected chi connectivity index (χ3v) is 8.41. The predicted molar refractivity (Wildman–Crippen MR) is 134 cm³/mol. The Morgan fingerprint density at radius 2 is 1.75 bits per heavy atom. The van der Waals surface area contributed by atoms with E-state index in [1.54, 1.807) is 6.07 Å². The molecular formula is C29H31N3O4. The summed E-state index contributed by atoms with van der Waals surface area (Å²) in [4.78, 5) is 18.1. The lowest BCUT2D eigenvalue weighted by Gasteiger charge is -2.39. The summed E-state index contributed by atoms with van der Waals surface area (Å²) in [5, 5.41) is 13.8. The van der Waals surface area contributed by atoms with Crippen molar-refractivity contribution in [1.29, 1.82) is 0 Å². The number of hydrogen-bond donors (Lipinski definition) is 1. The summed E-state index contributed by atoms with van der Waals surface area (Å²) >= 11 is 0. The van der Waals surface area contributed by atoms with Crippen molar-refractivity contribution in [1.82, 2.24) is 10.1 Å². The number of pyridine rings is 1. The minimum Gasteiger partial charge on any atom is -0.478 e. The number of carbonyl (C=O) groups is 1. The van der Waals surface area contributed by atoms with Crippen molar-refractivity contribution in [2.75, 3.05) is 4.90 Å². The number of ether oxygens (including phenoxy) is 1. The number of carboxylic acids is 1. The van der Waals surface area contributed by atoms with Crippen LogP contribution in [0.2, 0.25) is 0 Å². The van der Waals surface area contributed by atoms with Gasteiger partial charge in [-0.15, -0.1) is 0 Å². The number of aromatic carboxylic acids is 1. The second-order valence-corrected chi connectivity index (χ2v) is 10.9. The third kappa shape index (κ3) is 3.99. The van der Waals surface area contributed by atoms with Crippen LogP contribution in [0.3, 0.4) is 0 Å². The van der Waals surface area contributed by atoms with Gasteiger partial charge in [-0.05, 0) is 75.0 Å². The van der Waals surface area contributed by atoms with Crippen LogP contribution in [0, 0.1) is 0 Å². The van der Waals surface area contributed by atoms with Crippen molar-refractivity contribution in [3.8, 4) is 11.3 Å². The number of piperidine rings is 1. The molecule has 2 saturated carbocycles. The van der Waals surface area contributed by atoms with Gasteiger partial charge >= 0.3 is 5.97 Å². The van der Waals surface area contributed by atoms with E-state index in [-0.39, 0.29) is 11.7 Å². The van der Waals surface area contributed by atoms with E-state index in [0.717, 1.165) is 48.5 Å². The molecule has 2 aliphatic heterocycles. The highest BCUT2D eigenvalue weighted by Crippen LogP contribution is 2.48. The van der Waals surface area contributed by atoms with Crippen molar-refractivity contribution in [2.45, 2.75) is 88.0 Å². The highest BCUT2D eigenvalue weighted by molar-refractivity contribution is 5.87. The van der Waals surface area contributed by atoms with Crippen LogP contribution in [0.1, 0.15) is 90.4 Å². The first-order valence-electron chi connectivity index (χ1n) is 13.3. The first-order chi connectivity index (χ1) is 17.7. The quantitative estimate of drug-likeness (QED) is 0.424. The number of fused-ring (bicyclic) bond motifs is 2. The fourth-order valence-electron chi connectivity index (χ4n) is 6.31. The fourth-order valence-corrected chi connectivity index (χ4v) is 6.31. The topological polar surface area (TPSA) is 88.7 Å². The molecule has 2 aromatic heterocycles. The Balaban J connectivity index is 1.09. The van der Waals surface area contributed by atoms with E-state index in [4.69, 9.17) is 9.26 Å². The van der Waals surface area contributed by atoms with Crippen LogP contribution in [0.5, 0.6) is 0 Å². The number of anilines is 1. The Morgan fingerprint density at radius 1 is 1.00 bits per heavy atom. The lowest BCUT2D eigenvalue weighted by molar-refractivity contribution is 0.0146. The molecule has 0 amide bonds. The van der Waals surface area contributed by atoms with Crippen LogP contribution < -0.4 is 4.90 Å². The summed E-state index contributed by atoms with van der Waals surface area (Å²) in [6.45, 7) is 0.541. The summed E-state index contributed by atoms with van der Waals surface area (Å²) in [7, 11) is 0. The largest absolute Gasteiger partial charge is 0.478 e. The molecule has 2 aliphatic carbocycles. The van der Waals surface area contributed by atoms with Gasteiger partial charge in [0.2, 0.25) is 0 Å². The molecule has 1 aromatic carbocycles. The molecule has 36 heavy (non-hydrogen) atoms. The van der Waals surface area contributed by atoms with Gasteiger partial charge in [0, 0.05) is 35.3 Å². The van der Waals surface area contributed by atoms with Crippen LogP contribution in [-0.4, -0.2) is 39.4 Å². The molecule has 0 radical (unpaired) electrons. The zero-order valence-electron chi connectivity index (χ0n) is 20.3. The monoisotopic (exact) mass is 485 g/mol. The van der Waals surface area contributed by atoms with Crippen LogP contribution >= 0.6 is 0 Å². The molecule has 2 bridgehead atoms. The molecule has 0 spiro atoms. The minimum atomic E-state index is -0.942. The molecule has 2 unspecified atom stereocenters. The van der Waals surface area contributed by atoms with E-state index >= 15 is 0 Å². The number of hydrogen-bond acceptors (Lipinski definition) is 6. The van der Waals surface area contributed by atoms with Crippen LogP contribution in [-0.2, 0) is 11.3 Å². The second-order valence-electron chi connectivity index (χ2n) is 10.9. The smallest absolute Gasteiger partial charge is 0.337 e. The molecule has 7 nitrogen and oxygen atoms in total. The predicted octanol–water partition coefficient (Wildman–Crippen LogP) is 5.91. The van der Waals surface area contributed by atoms with E-state index in [2.05, 4.69) is 39.3 Å². The van der Waals surface area contributed by atoms with Crippen molar-refractivity contribution in [2.24, 2.45) is 0 Å². The average molecular weight is 486 g/mol. The summed E-state index contributed by atoms with van der Waals surface area (Å²) < 4.78 is 12.6. The molecule has 186 valence electrons. The Labute approximate surface area is 210 Å². The number of nitrogens with zero attached hydrogens (tertiary/aromatic N) is 3. The molecular weight excluding hydrogens is 454 g/mol. The van der Waals surface area contributed by atoms with Crippen LogP contribution in [0.15, 0.2) is 47.1 Å². The summed E-state index contributed by atoms with van der Waals surface area (Å²) in [5.41, 5.74) is 4.94. The Hall–Kier alpha value is -3.19. The van der Waals surface area contributed by atoms with Gasteiger partial charge in [0.25, 0.3) is 0 Å². The van der Waals surface area contributed by atoms with Crippen molar-refractivity contribution in [3.05, 3.63) is 65.0 Å². The van der Waals surface area contributed by atoms with E-state index in [9.17, 15) is 9.90 Å². The molecule has 3 aromatic rings. The first-order valence-corrected chi connectivity index (χ1v) is 13.3. The van der Waals surface area contributed by atoms with E-state index in [0.29, 0.717) is 30.5 Å². The number of aromatic nitrogens is 2. The second kappa shape index (κ2) is 8.73. The normalized spacial score (nSPS) is 25.3.